The van der Waals surface area contributed by atoms with E-state index in [1.165, 1.54) is 33.8 Å². The molecule has 0 atom stereocenters. The number of nitrogens with zero attached hydrogens (tertiary/aromatic N) is 3. The SMILES string of the molecule is CCc1n[nH]c(CC)c1[C]([Ti+3])(c1c(CC)n[nH]c1CC)c1c(CC)n[nH]c1CC.[Cl-].[Cl-].[Cl-]. The minimum absolute atomic E-state index is 0. The summed E-state index contributed by atoms with van der Waals surface area (Å²) in [4.78, 5) is 0. The second-order valence-electron chi connectivity index (χ2n) is 7.44. The van der Waals surface area contributed by atoms with Crippen molar-refractivity contribution in [3.8, 4) is 0 Å². The fraction of sp³-hybridized carbons (Fsp3) is 0.591. The maximum Gasteiger partial charge on any atom is -1.00 e. The molecule has 0 spiro atoms. The molecule has 0 aliphatic heterocycles. The smallest absolute Gasteiger partial charge is 1.00 e. The molecule has 0 bridgehead atoms. The van der Waals surface area contributed by atoms with Gasteiger partial charge in [0.25, 0.3) is 0 Å². The normalized spacial score (nSPS) is 11.0. The third-order valence-electron chi connectivity index (χ3n) is 5.94. The molecule has 0 saturated heterocycles. The number of halogens is 3. The second-order valence-corrected chi connectivity index (χ2v) is 8.61. The predicted molar refractivity (Wildman–Crippen MR) is 112 cm³/mol. The van der Waals surface area contributed by atoms with Crippen LogP contribution in [0.25, 0.3) is 0 Å². The molecule has 176 valence electrons. The number of hydrogen-bond donors (Lipinski definition) is 3. The molecule has 6 nitrogen and oxygen atoms in total. The monoisotopic (exact) mass is 534 g/mol. The summed E-state index contributed by atoms with van der Waals surface area (Å²) in [5, 5.41) is 24.2. The zero-order valence-corrected chi connectivity index (χ0v) is 23.5. The average Bonchev–Trinajstić information content (AvgIpc) is 3.48. The van der Waals surface area contributed by atoms with Crippen LogP contribution in [0.4, 0.5) is 0 Å². The summed E-state index contributed by atoms with van der Waals surface area (Å²) < 4.78 is -0.364. The summed E-state index contributed by atoms with van der Waals surface area (Å²) in [6.07, 6.45) is 5.42. The molecule has 3 aromatic rings. The summed E-state index contributed by atoms with van der Waals surface area (Å²) >= 11 is 2.36. The van der Waals surface area contributed by atoms with E-state index in [9.17, 15) is 0 Å². The van der Waals surface area contributed by atoms with E-state index in [2.05, 4.69) is 77.3 Å². The first kappa shape index (κ1) is 31.2. The standard InChI is InChI=1S/C22H33N6.3ClH.Ti/c1-7-13-19(14(8-2)24-23-13)22(20-15(9-3)25-26-16(20)10-4)21-17(11-5)27-28-18(21)12-6;;;;/h7-12H2,1-6H3,(H,23,24)(H,25,26)(H,27,28);3*1H;/q;;;;+3/p-3. The summed E-state index contributed by atoms with van der Waals surface area (Å²) in [6, 6.07) is 0. The van der Waals surface area contributed by atoms with Crippen molar-refractivity contribution in [3.63, 3.8) is 0 Å². The number of hydrogen-bond acceptors (Lipinski definition) is 3. The van der Waals surface area contributed by atoms with Gasteiger partial charge in [0.2, 0.25) is 0 Å². The molecule has 0 amide bonds. The quantitative estimate of drug-likeness (QED) is 0.240. The van der Waals surface area contributed by atoms with Crippen molar-refractivity contribution in [3.05, 3.63) is 50.9 Å². The van der Waals surface area contributed by atoms with Crippen LogP contribution in [0.5, 0.6) is 0 Å². The minimum Gasteiger partial charge on any atom is -1.00 e. The summed E-state index contributed by atoms with van der Waals surface area (Å²) in [5.41, 5.74) is 11.0. The average molecular weight is 536 g/mol. The first-order chi connectivity index (χ1) is 14.0. The zero-order valence-electron chi connectivity index (χ0n) is 19.7. The molecule has 0 fully saturated rings. The maximum atomic E-state index is 4.73. The molecule has 3 rings (SSSR count). The summed E-state index contributed by atoms with van der Waals surface area (Å²) in [7, 11) is 0. The van der Waals surface area contributed by atoms with Gasteiger partial charge in [-0.3, -0.25) is 0 Å². The Morgan fingerprint density at radius 3 is 0.969 bits per heavy atom. The predicted octanol–water partition coefficient (Wildman–Crippen LogP) is -4.92. The van der Waals surface area contributed by atoms with Crippen molar-refractivity contribution in [1.29, 1.82) is 0 Å². The van der Waals surface area contributed by atoms with Crippen molar-refractivity contribution < 1.29 is 57.7 Å². The molecule has 3 heterocycles. The minimum atomic E-state index is -0.364. The van der Waals surface area contributed by atoms with E-state index >= 15 is 0 Å². The second kappa shape index (κ2) is 13.2. The molecule has 10 heteroatoms. The third-order valence-corrected chi connectivity index (χ3v) is 7.11. The van der Waals surface area contributed by atoms with Crippen LogP contribution >= 0.6 is 0 Å². The van der Waals surface area contributed by atoms with Crippen molar-refractivity contribution in [2.75, 3.05) is 0 Å². The van der Waals surface area contributed by atoms with Gasteiger partial charge >= 0.3 is 186 Å². The van der Waals surface area contributed by atoms with Crippen LogP contribution in [0.3, 0.4) is 0 Å². The number of nitrogens with one attached hydrogen (secondary N) is 3. The van der Waals surface area contributed by atoms with Gasteiger partial charge in [0, 0.05) is 0 Å². The van der Waals surface area contributed by atoms with Gasteiger partial charge in [-0.15, -0.1) is 0 Å². The maximum absolute atomic E-state index is 4.73. The molecule has 3 N–H and O–H groups in total. The van der Waals surface area contributed by atoms with Crippen LogP contribution in [0.15, 0.2) is 0 Å². The molecular weight excluding hydrogens is 503 g/mol. The van der Waals surface area contributed by atoms with Crippen LogP contribution in [-0.4, -0.2) is 30.6 Å². The van der Waals surface area contributed by atoms with Gasteiger partial charge in [0.15, 0.2) is 0 Å². The van der Waals surface area contributed by atoms with Crippen LogP contribution < -0.4 is 37.2 Å². The fourth-order valence-corrected chi connectivity index (χ4v) is 5.88. The molecule has 0 aliphatic rings. The van der Waals surface area contributed by atoms with Crippen LogP contribution in [0.2, 0.25) is 0 Å². The zero-order chi connectivity index (χ0) is 21.2. The first-order valence-corrected chi connectivity index (χ1v) is 11.7. The van der Waals surface area contributed by atoms with E-state index in [1.807, 2.05) is 0 Å². The van der Waals surface area contributed by atoms with Crippen molar-refractivity contribution in [2.24, 2.45) is 0 Å². The number of H-pyrrole nitrogens is 3. The van der Waals surface area contributed by atoms with Gasteiger partial charge in [-0.05, 0) is 0 Å². The van der Waals surface area contributed by atoms with Crippen LogP contribution in [0, 0.1) is 0 Å². The fourth-order valence-electron chi connectivity index (χ4n) is 4.50. The van der Waals surface area contributed by atoms with Gasteiger partial charge in [0.05, 0.1) is 0 Å². The molecule has 0 radical (unpaired) electrons. The Bertz CT molecular complexity index is 792. The number of aromatic amines is 3. The number of rotatable bonds is 9. The van der Waals surface area contributed by atoms with Gasteiger partial charge in [-0.1, -0.05) is 0 Å². The Balaban J connectivity index is 0.00000320. The Labute approximate surface area is 221 Å². The van der Waals surface area contributed by atoms with E-state index in [4.69, 9.17) is 15.3 Å². The molecule has 0 aromatic carbocycles. The van der Waals surface area contributed by atoms with E-state index in [0.29, 0.717) is 0 Å². The first-order valence-electron chi connectivity index (χ1n) is 11.0. The third kappa shape index (κ3) is 5.00. The van der Waals surface area contributed by atoms with Crippen LogP contribution in [0.1, 0.15) is 92.4 Å². The van der Waals surface area contributed by atoms with E-state index in [-0.39, 0.29) is 40.9 Å². The number of aryl methyl sites for hydroxylation is 6. The van der Waals surface area contributed by atoms with Gasteiger partial charge in [-0.25, -0.2) is 0 Å². The van der Waals surface area contributed by atoms with E-state index < -0.39 is 0 Å². The molecular formula is C22H33Cl3N6Ti. The van der Waals surface area contributed by atoms with E-state index in [0.717, 1.165) is 55.6 Å². The van der Waals surface area contributed by atoms with Crippen LogP contribution in [-0.2, 0) is 62.7 Å². The largest absolute Gasteiger partial charge is 1.00 e. The molecule has 32 heavy (non-hydrogen) atoms. The molecule has 3 aromatic heterocycles. The molecule has 0 saturated carbocycles. The van der Waals surface area contributed by atoms with Crippen molar-refractivity contribution >= 4 is 0 Å². The molecule has 0 unspecified atom stereocenters. The summed E-state index contributed by atoms with van der Waals surface area (Å²) in [5.74, 6) is 0. The Morgan fingerprint density at radius 2 is 0.781 bits per heavy atom. The molecule has 0 aliphatic carbocycles. The van der Waals surface area contributed by atoms with Gasteiger partial charge in [0.1, 0.15) is 0 Å². The Morgan fingerprint density at radius 1 is 0.531 bits per heavy atom. The summed E-state index contributed by atoms with van der Waals surface area (Å²) in [6.45, 7) is 13.2. The Kier molecular flexibility index (Phi) is 12.9. The van der Waals surface area contributed by atoms with Crippen molar-refractivity contribution in [1.82, 2.24) is 30.6 Å². The topological polar surface area (TPSA) is 86.0 Å². The van der Waals surface area contributed by atoms with Gasteiger partial charge < -0.3 is 37.2 Å². The number of aromatic nitrogens is 6. The van der Waals surface area contributed by atoms with Gasteiger partial charge in [-0.2, -0.15) is 0 Å². The Hall–Kier alpha value is -0.786. The van der Waals surface area contributed by atoms with E-state index in [1.54, 1.807) is 0 Å². The van der Waals surface area contributed by atoms with Crippen molar-refractivity contribution in [2.45, 2.75) is 83.8 Å².